The van der Waals surface area contributed by atoms with Crippen LogP contribution in [0.25, 0.3) is 11.0 Å². The molecular formula is C22H30N2O5. The van der Waals surface area contributed by atoms with Gasteiger partial charge in [0.15, 0.2) is 6.10 Å². The largest absolute Gasteiger partial charge is 0.480 e. The molecule has 2 heterocycles. The molecule has 3 rings (SSSR count). The van der Waals surface area contributed by atoms with E-state index in [9.17, 15) is 9.59 Å². The van der Waals surface area contributed by atoms with Gasteiger partial charge in [0.2, 0.25) is 0 Å². The summed E-state index contributed by atoms with van der Waals surface area (Å²) < 4.78 is 16.7. The molecule has 1 amide bonds. The molecular weight excluding hydrogens is 372 g/mol. The zero-order valence-corrected chi connectivity index (χ0v) is 17.5. The van der Waals surface area contributed by atoms with Gasteiger partial charge in [0, 0.05) is 25.7 Å². The maximum atomic E-state index is 12.5. The van der Waals surface area contributed by atoms with Crippen LogP contribution in [0.4, 0.5) is 0 Å². The second kappa shape index (κ2) is 9.89. The highest BCUT2D eigenvalue weighted by Gasteiger charge is 2.18. The van der Waals surface area contributed by atoms with Crippen molar-refractivity contribution in [2.75, 3.05) is 39.4 Å². The van der Waals surface area contributed by atoms with Gasteiger partial charge in [0.1, 0.15) is 11.3 Å². The summed E-state index contributed by atoms with van der Waals surface area (Å²) in [5.41, 5.74) is 1.87. The lowest BCUT2D eigenvalue weighted by atomic mass is 10.0. The topological polar surface area (TPSA) is 81.0 Å². The lowest BCUT2D eigenvalue weighted by Gasteiger charge is -2.26. The van der Waals surface area contributed by atoms with Gasteiger partial charge in [-0.3, -0.25) is 9.69 Å². The van der Waals surface area contributed by atoms with Gasteiger partial charge in [0.05, 0.1) is 18.6 Å². The smallest absolute Gasteiger partial charge is 0.336 e. The fraction of sp³-hybridized carbons (Fsp3) is 0.545. The van der Waals surface area contributed by atoms with E-state index in [0.717, 1.165) is 55.8 Å². The Labute approximate surface area is 171 Å². The van der Waals surface area contributed by atoms with Crippen molar-refractivity contribution in [3.8, 4) is 5.75 Å². The van der Waals surface area contributed by atoms with Gasteiger partial charge < -0.3 is 19.2 Å². The van der Waals surface area contributed by atoms with E-state index in [2.05, 4.69) is 10.2 Å². The Morgan fingerprint density at radius 3 is 2.76 bits per heavy atom. The van der Waals surface area contributed by atoms with Gasteiger partial charge in [-0.25, -0.2) is 4.79 Å². The van der Waals surface area contributed by atoms with Crippen molar-refractivity contribution >= 4 is 16.9 Å². The summed E-state index contributed by atoms with van der Waals surface area (Å²) in [5.74, 6) is 0.411. The highest BCUT2D eigenvalue weighted by molar-refractivity contribution is 5.88. The molecule has 29 heavy (non-hydrogen) atoms. The predicted molar refractivity (Wildman–Crippen MR) is 112 cm³/mol. The van der Waals surface area contributed by atoms with Crippen LogP contribution in [0.2, 0.25) is 0 Å². The molecule has 0 saturated carbocycles. The van der Waals surface area contributed by atoms with Gasteiger partial charge in [0.25, 0.3) is 5.91 Å². The Balaban J connectivity index is 1.62. The standard InChI is InChI=1S/C22H30N2O5/c1-4-17-14-20(25)29-19-13-15(2)12-18(21(17)19)28-16(3)22(26)23-6-5-7-24-8-10-27-11-9-24/h12-14,16H,4-11H2,1-3H3,(H,23,26)/t16-/m0/s1. The van der Waals surface area contributed by atoms with Crippen molar-refractivity contribution in [1.29, 1.82) is 0 Å². The minimum absolute atomic E-state index is 0.155. The Morgan fingerprint density at radius 2 is 2.03 bits per heavy atom. The van der Waals surface area contributed by atoms with E-state index < -0.39 is 6.10 Å². The zero-order valence-electron chi connectivity index (χ0n) is 17.5. The summed E-state index contributed by atoms with van der Waals surface area (Å²) in [6.07, 6.45) is 0.903. The lowest BCUT2D eigenvalue weighted by Crippen LogP contribution is -2.40. The van der Waals surface area contributed by atoms with Gasteiger partial charge in [-0.1, -0.05) is 6.92 Å². The highest BCUT2D eigenvalue weighted by Crippen LogP contribution is 2.30. The molecule has 0 bridgehead atoms. The second-order valence-corrected chi connectivity index (χ2v) is 7.44. The maximum absolute atomic E-state index is 12.5. The van der Waals surface area contributed by atoms with Crippen molar-refractivity contribution in [2.24, 2.45) is 0 Å². The van der Waals surface area contributed by atoms with Crippen LogP contribution in [0, 0.1) is 6.92 Å². The van der Waals surface area contributed by atoms with E-state index in [1.165, 1.54) is 6.07 Å². The summed E-state index contributed by atoms with van der Waals surface area (Å²) in [7, 11) is 0. The van der Waals surface area contributed by atoms with Crippen molar-refractivity contribution in [3.05, 3.63) is 39.7 Å². The summed E-state index contributed by atoms with van der Waals surface area (Å²) in [6, 6.07) is 5.18. The fourth-order valence-corrected chi connectivity index (χ4v) is 3.57. The van der Waals surface area contributed by atoms with Crippen LogP contribution >= 0.6 is 0 Å². The molecule has 7 nitrogen and oxygen atoms in total. The van der Waals surface area contributed by atoms with Crippen LogP contribution in [-0.4, -0.2) is 56.3 Å². The monoisotopic (exact) mass is 402 g/mol. The zero-order chi connectivity index (χ0) is 20.8. The molecule has 0 radical (unpaired) electrons. The molecule has 1 atom stereocenters. The summed E-state index contributed by atoms with van der Waals surface area (Å²) >= 11 is 0. The molecule has 158 valence electrons. The molecule has 1 aromatic carbocycles. The molecule has 1 aliphatic heterocycles. The Morgan fingerprint density at radius 1 is 1.28 bits per heavy atom. The summed E-state index contributed by atoms with van der Waals surface area (Å²) in [5, 5.41) is 3.70. The SMILES string of the molecule is CCc1cc(=O)oc2cc(C)cc(O[C@@H](C)C(=O)NCCCN3CCOCC3)c12. The van der Waals surface area contributed by atoms with Gasteiger partial charge in [-0.2, -0.15) is 0 Å². The van der Waals surface area contributed by atoms with Crippen LogP contribution in [0.5, 0.6) is 5.75 Å². The van der Waals surface area contributed by atoms with E-state index in [-0.39, 0.29) is 11.5 Å². The third kappa shape index (κ3) is 5.58. The average Bonchev–Trinajstić information content (AvgIpc) is 2.70. The third-order valence-corrected chi connectivity index (χ3v) is 5.14. The number of amides is 1. The Kier molecular flexibility index (Phi) is 7.28. The number of carbonyl (C=O) groups is 1. The van der Waals surface area contributed by atoms with Crippen LogP contribution in [0.3, 0.4) is 0 Å². The molecule has 0 spiro atoms. The first kappa shape index (κ1) is 21.3. The van der Waals surface area contributed by atoms with Crippen LogP contribution in [0.1, 0.15) is 31.4 Å². The minimum Gasteiger partial charge on any atom is -0.480 e. The molecule has 1 saturated heterocycles. The maximum Gasteiger partial charge on any atom is 0.336 e. The second-order valence-electron chi connectivity index (χ2n) is 7.44. The molecule has 1 aliphatic rings. The van der Waals surface area contributed by atoms with Crippen molar-refractivity contribution < 1.29 is 18.7 Å². The van der Waals surface area contributed by atoms with Gasteiger partial charge in [-0.05, 0) is 56.5 Å². The number of rotatable bonds is 8. The van der Waals surface area contributed by atoms with E-state index in [4.69, 9.17) is 13.9 Å². The molecule has 1 fully saturated rings. The number of aryl methyl sites for hydroxylation is 2. The molecule has 1 aromatic heterocycles. The summed E-state index contributed by atoms with van der Waals surface area (Å²) in [6.45, 7) is 10.6. The number of ether oxygens (including phenoxy) is 2. The fourth-order valence-electron chi connectivity index (χ4n) is 3.57. The molecule has 7 heteroatoms. The van der Waals surface area contributed by atoms with E-state index >= 15 is 0 Å². The number of hydrogen-bond acceptors (Lipinski definition) is 6. The average molecular weight is 402 g/mol. The molecule has 1 N–H and O–H groups in total. The van der Waals surface area contributed by atoms with Crippen molar-refractivity contribution in [1.82, 2.24) is 10.2 Å². The highest BCUT2D eigenvalue weighted by atomic mass is 16.5. The number of nitrogens with one attached hydrogen (secondary N) is 1. The Bertz CT molecular complexity index is 902. The number of benzene rings is 1. The van der Waals surface area contributed by atoms with Crippen LogP contribution in [0.15, 0.2) is 27.4 Å². The number of nitrogens with zero attached hydrogens (tertiary/aromatic N) is 1. The Hall–Kier alpha value is -2.38. The minimum atomic E-state index is -0.653. The van der Waals surface area contributed by atoms with E-state index in [1.807, 2.05) is 26.0 Å². The number of morpholine rings is 1. The van der Waals surface area contributed by atoms with Crippen molar-refractivity contribution in [2.45, 2.75) is 39.7 Å². The van der Waals surface area contributed by atoms with Crippen LogP contribution < -0.4 is 15.7 Å². The normalized spacial score (nSPS) is 16.0. The quantitative estimate of drug-likeness (QED) is 0.539. The van der Waals surface area contributed by atoms with Gasteiger partial charge in [-0.15, -0.1) is 0 Å². The lowest BCUT2D eigenvalue weighted by molar-refractivity contribution is -0.127. The predicted octanol–water partition coefficient (Wildman–Crippen LogP) is 2.27. The van der Waals surface area contributed by atoms with Gasteiger partial charge >= 0.3 is 5.63 Å². The van der Waals surface area contributed by atoms with E-state index in [0.29, 0.717) is 24.3 Å². The van der Waals surface area contributed by atoms with Crippen LogP contribution in [-0.2, 0) is 16.0 Å². The first-order chi connectivity index (χ1) is 14.0. The number of carbonyl (C=O) groups excluding carboxylic acids is 1. The third-order valence-electron chi connectivity index (χ3n) is 5.14. The van der Waals surface area contributed by atoms with Crippen molar-refractivity contribution in [3.63, 3.8) is 0 Å². The first-order valence-electron chi connectivity index (χ1n) is 10.3. The number of fused-ring (bicyclic) bond motifs is 1. The first-order valence-corrected chi connectivity index (χ1v) is 10.3. The molecule has 2 aromatic rings. The summed E-state index contributed by atoms with van der Waals surface area (Å²) in [4.78, 5) is 26.6. The van der Waals surface area contributed by atoms with E-state index in [1.54, 1.807) is 6.92 Å². The number of hydrogen-bond donors (Lipinski definition) is 1. The molecule has 0 aliphatic carbocycles. The molecule has 0 unspecified atom stereocenters.